The Morgan fingerprint density at radius 3 is 2.81 bits per heavy atom. The molecule has 112 valence electrons. The first kappa shape index (κ1) is 16.4. The molecule has 0 aliphatic heterocycles. The van der Waals surface area contributed by atoms with E-state index in [-0.39, 0.29) is 11.9 Å². The summed E-state index contributed by atoms with van der Waals surface area (Å²) in [5.41, 5.74) is 1.49. The van der Waals surface area contributed by atoms with Crippen LogP contribution in [0.5, 0.6) is 0 Å². The van der Waals surface area contributed by atoms with Crippen LogP contribution in [0, 0.1) is 5.82 Å². The van der Waals surface area contributed by atoms with E-state index in [1.807, 2.05) is 12.1 Å². The largest absolute Gasteiger partial charge is 0.308 e. The molecule has 0 aliphatic rings. The van der Waals surface area contributed by atoms with Crippen molar-refractivity contribution in [3.8, 4) is 0 Å². The van der Waals surface area contributed by atoms with Crippen LogP contribution in [0.2, 0.25) is 5.02 Å². The van der Waals surface area contributed by atoms with Crippen LogP contribution >= 0.6 is 27.5 Å². The lowest BCUT2D eigenvalue weighted by Crippen LogP contribution is -2.25. The summed E-state index contributed by atoms with van der Waals surface area (Å²) in [6, 6.07) is 8.50. The van der Waals surface area contributed by atoms with Crippen molar-refractivity contribution in [2.75, 3.05) is 6.54 Å². The molecule has 1 aromatic heterocycles. The molecule has 0 aliphatic carbocycles. The molecule has 0 radical (unpaired) electrons. The molecule has 0 fully saturated rings. The fourth-order valence-corrected chi connectivity index (χ4v) is 2.54. The Bertz CT molecular complexity index is 589. The standard InChI is InChI=1S/C16H17BrClFN2/c1-2-7-20-16(15-6-3-12(17)10-21-15)9-11-8-13(18)4-5-14(11)19/h3-6,8,10,16,20H,2,7,9H2,1H3. The Labute approximate surface area is 137 Å². The Balaban J connectivity index is 2.23. The molecule has 0 amide bonds. The third-order valence-corrected chi connectivity index (χ3v) is 3.88. The van der Waals surface area contributed by atoms with Gasteiger partial charge in [0.25, 0.3) is 0 Å². The Kier molecular flexibility index (Phi) is 6.15. The normalized spacial score (nSPS) is 12.4. The molecular weight excluding hydrogens is 355 g/mol. The first-order valence-electron chi connectivity index (χ1n) is 6.89. The zero-order valence-corrected chi connectivity index (χ0v) is 14.1. The molecule has 2 rings (SSSR count). The van der Waals surface area contributed by atoms with Gasteiger partial charge in [0.15, 0.2) is 0 Å². The topological polar surface area (TPSA) is 24.9 Å². The maximum absolute atomic E-state index is 13.9. The Hall–Kier alpha value is -0.970. The fraction of sp³-hybridized carbons (Fsp3) is 0.312. The second kappa shape index (κ2) is 7.87. The lowest BCUT2D eigenvalue weighted by atomic mass is 10.0. The van der Waals surface area contributed by atoms with Crippen LogP contribution in [0.1, 0.15) is 30.6 Å². The van der Waals surface area contributed by atoms with E-state index in [4.69, 9.17) is 11.6 Å². The summed E-state index contributed by atoms with van der Waals surface area (Å²) in [6.45, 7) is 2.95. The van der Waals surface area contributed by atoms with Gasteiger partial charge in [-0.25, -0.2) is 4.39 Å². The number of rotatable bonds is 6. The number of nitrogens with zero attached hydrogens (tertiary/aromatic N) is 1. The molecule has 1 atom stereocenters. The quantitative estimate of drug-likeness (QED) is 0.779. The lowest BCUT2D eigenvalue weighted by molar-refractivity contribution is 0.503. The van der Waals surface area contributed by atoms with E-state index in [1.165, 1.54) is 6.07 Å². The maximum Gasteiger partial charge on any atom is 0.126 e. The highest BCUT2D eigenvalue weighted by atomic mass is 79.9. The molecule has 1 heterocycles. The molecule has 0 spiro atoms. The maximum atomic E-state index is 13.9. The van der Waals surface area contributed by atoms with Crippen LogP contribution in [-0.2, 0) is 6.42 Å². The minimum Gasteiger partial charge on any atom is -0.308 e. The highest BCUT2D eigenvalue weighted by Crippen LogP contribution is 2.22. The van der Waals surface area contributed by atoms with Crippen LogP contribution in [0.3, 0.4) is 0 Å². The summed E-state index contributed by atoms with van der Waals surface area (Å²) in [5.74, 6) is -0.236. The van der Waals surface area contributed by atoms with E-state index in [9.17, 15) is 4.39 Å². The number of aromatic nitrogens is 1. The van der Waals surface area contributed by atoms with E-state index in [0.29, 0.717) is 17.0 Å². The van der Waals surface area contributed by atoms with E-state index in [0.717, 1.165) is 23.1 Å². The minimum absolute atomic E-state index is 0.0361. The van der Waals surface area contributed by atoms with Gasteiger partial charge in [0.1, 0.15) is 5.82 Å². The van der Waals surface area contributed by atoms with Crippen molar-refractivity contribution in [1.82, 2.24) is 10.3 Å². The third-order valence-electron chi connectivity index (χ3n) is 3.18. The van der Waals surface area contributed by atoms with Crippen LogP contribution in [0.4, 0.5) is 4.39 Å². The van der Waals surface area contributed by atoms with Gasteiger partial charge in [0.2, 0.25) is 0 Å². The zero-order chi connectivity index (χ0) is 15.2. The van der Waals surface area contributed by atoms with Gasteiger partial charge in [-0.2, -0.15) is 0 Å². The van der Waals surface area contributed by atoms with Crippen molar-refractivity contribution >= 4 is 27.5 Å². The van der Waals surface area contributed by atoms with Gasteiger partial charge in [-0.1, -0.05) is 18.5 Å². The molecule has 1 aromatic carbocycles. The third kappa shape index (κ3) is 4.77. The summed E-state index contributed by atoms with van der Waals surface area (Å²) < 4.78 is 14.8. The van der Waals surface area contributed by atoms with Crippen LogP contribution in [0.15, 0.2) is 41.0 Å². The fourth-order valence-electron chi connectivity index (χ4n) is 2.11. The van der Waals surface area contributed by atoms with Crippen LogP contribution in [0.25, 0.3) is 0 Å². The average Bonchev–Trinajstić information content (AvgIpc) is 2.48. The van der Waals surface area contributed by atoms with Crippen molar-refractivity contribution in [1.29, 1.82) is 0 Å². The second-order valence-corrected chi connectivity index (χ2v) is 6.20. The van der Waals surface area contributed by atoms with Crippen molar-refractivity contribution in [3.05, 3.63) is 63.1 Å². The van der Waals surface area contributed by atoms with Gasteiger partial charge in [-0.05, 0) is 71.2 Å². The molecule has 1 N–H and O–H groups in total. The number of halogens is 3. The molecular formula is C16H17BrClFN2. The summed E-state index contributed by atoms with van der Waals surface area (Å²) >= 11 is 9.34. The van der Waals surface area contributed by atoms with E-state index < -0.39 is 0 Å². The predicted molar refractivity (Wildman–Crippen MR) is 88.1 cm³/mol. The van der Waals surface area contributed by atoms with Crippen molar-refractivity contribution < 1.29 is 4.39 Å². The van der Waals surface area contributed by atoms with Gasteiger partial charge < -0.3 is 5.32 Å². The molecule has 2 nitrogen and oxygen atoms in total. The first-order chi connectivity index (χ1) is 10.1. The smallest absolute Gasteiger partial charge is 0.126 e. The first-order valence-corrected chi connectivity index (χ1v) is 8.06. The number of pyridine rings is 1. The Morgan fingerprint density at radius 1 is 1.33 bits per heavy atom. The highest BCUT2D eigenvalue weighted by molar-refractivity contribution is 9.10. The van der Waals surface area contributed by atoms with E-state index in [2.05, 4.69) is 33.2 Å². The second-order valence-electron chi connectivity index (χ2n) is 4.85. The minimum atomic E-state index is -0.236. The van der Waals surface area contributed by atoms with Gasteiger partial charge in [-0.15, -0.1) is 0 Å². The number of hydrogen-bond acceptors (Lipinski definition) is 2. The van der Waals surface area contributed by atoms with Crippen LogP contribution < -0.4 is 5.32 Å². The van der Waals surface area contributed by atoms with Gasteiger partial charge in [0.05, 0.1) is 11.7 Å². The molecule has 2 aromatic rings. The van der Waals surface area contributed by atoms with Gasteiger partial charge in [0, 0.05) is 15.7 Å². The van der Waals surface area contributed by atoms with Gasteiger partial charge in [-0.3, -0.25) is 4.98 Å². The summed E-state index contributed by atoms with van der Waals surface area (Å²) in [6.07, 6.45) is 3.27. The molecule has 0 saturated carbocycles. The van der Waals surface area contributed by atoms with E-state index >= 15 is 0 Å². The molecule has 21 heavy (non-hydrogen) atoms. The van der Waals surface area contributed by atoms with Crippen molar-refractivity contribution in [2.45, 2.75) is 25.8 Å². The average molecular weight is 372 g/mol. The summed E-state index contributed by atoms with van der Waals surface area (Å²) in [5, 5.41) is 3.96. The van der Waals surface area contributed by atoms with E-state index in [1.54, 1.807) is 18.3 Å². The Morgan fingerprint density at radius 2 is 2.14 bits per heavy atom. The summed E-state index contributed by atoms with van der Waals surface area (Å²) in [7, 11) is 0. The van der Waals surface area contributed by atoms with Crippen molar-refractivity contribution in [3.63, 3.8) is 0 Å². The monoisotopic (exact) mass is 370 g/mol. The number of hydrogen-bond donors (Lipinski definition) is 1. The van der Waals surface area contributed by atoms with Crippen LogP contribution in [-0.4, -0.2) is 11.5 Å². The molecule has 0 bridgehead atoms. The lowest BCUT2D eigenvalue weighted by Gasteiger charge is -2.18. The van der Waals surface area contributed by atoms with Crippen molar-refractivity contribution in [2.24, 2.45) is 0 Å². The number of nitrogens with one attached hydrogen (secondary N) is 1. The summed E-state index contributed by atoms with van der Waals surface area (Å²) in [4.78, 5) is 4.41. The molecule has 1 unspecified atom stereocenters. The number of benzene rings is 1. The highest BCUT2D eigenvalue weighted by Gasteiger charge is 2.15. The predicted octanol–water partition coefficient (Wildman–Crippen LogP) is 4.92. The molecule has 5 heteroatoms. The molecule has 0 saturated heterocycles. The SMILES string of the molecule is CCCNC(Cc1cc(Cl)ccc1F)c1ccc(Br)cn1. The van der Waals surface area contributed by atoms with Gasteiger partial charge >= 0.3 is 0 Å². The zero-order valence-electron chi connectivity index (χ0n) is 11.7.